The number of hydrogen-bond donors (Lipinski definition) is 0. The molecule has 0 aromatic rings. The fourth-order valence-electron chi connectivity index (χ4n) is 3.04. The lowest BCUT2D eigenvalue weighted by atomic mass is 9.95. The van der Waals surface area contributed by atoms with Crippen LogP contribution in [-0.4, -0.2) is 12.6 Å². The second kappa shape index (κ2) is 12.2. The van der Waals surface area contributed by atoms with Crippen LogP contribution in [0.25, 0.3) is 0 Å². The molecule has 0 N–H and O–H groups in total. The molecule has 1 heterocycles. The van der Waals surface area contributed by atoms with Gasteiger partial charge < -0.3 is 4.74 Å². The summed E-state index contributed by atoms with van der Waals surface area (Å²) in [6, 6.07) is 0. The van der Waals surface area contributed by atoms with Crippen molar-refractivity contribution >= 4 is 5.97 Å². The second-order valence-electron chi connectivity index (χ2n) is 6.33. The molecule has 118 valence electrons. The number of carbonyl (C=O) groups is 1. The Morgan fingerprint density at radius 3 is 2.15 bits per heavy atom. The molecule has 0 aromatic carbocycles. The largest absolute Gasteiger partial charge is 0.465 e. The molecule has 1 atom stereocenters. The molecule has 1 unspecified atom stereocenters. The number of ether oxygens (including phenoxy) is 1. The van der Waals surface area contributed by atoms with Crippen molar-refractivity contribution in [3.05, 3.63) is 0 Å². The summed E-state index contributed by atoms with van der Waals surface area (Å²) in [5.74, 6) is 0.268. The van der Waals surface area contributed by atoms with Crippen LogP contribution < -0.4 is 0 Å². The van der Waals surface area contributed by atoms with Gasteiger partial charge in [-0.05, 0) is 25.7 Å². The third-order valence-corrected chi connectivity index (χ3v) is 4.43. The SMILES string of the molecule is CCCCCCCCCCCCC1CCCCOC1=O. The van der Waals surface area contributed by atoms with Crippen LogP contribution in [0.15, 0.2) is 0 Å². The highest BCUT2D eigenvalue weighted by molar-refractivity contribution is 5.72. The van der Waals surface area contributed by atoms with Crippen LogP contribution in [0.5, 0.6) is 0 Å². The zero-order chi connectivity index (χ0) is 14.5. The molecule has 0 spiro atoms. The van der Waals surface area contributed by atoms with Crippen molar-refractivity contribution < 1.29 is 9.53 Å². The summed E-state index contributed by atoms with van der Waals surface area (Å²) in [5.41, 5.74) is 0. The standard InChI is InChI=1S/C18H34O2/c1-2-3-4-5-6-7-8-9-10-11-14-17-15-12-13-16-20-18(17)19/h17H,2-16H2,1H3. The first kappa shape index (κ1) is 17.5. The molecule has 1 fully saturated rings. The molecule has 1 rings (SSSR count). The van der Waals surface area contributed by atoms with Crippen LogP contribution >= 0.6 is 0 Å². The Morgan fingerprint density at radius 1 is 0.900 bits per heavy atom. The van der Waals surface area contributed by atoms with E-state index >= 15 is 0 Å². The van der Waals surface area contributed by atoms with Gasteiger partial charge in [0.15, 0.2) is 0 Å². The minimum Gasteiger partial charge on any atom is -0.465 e. The first-order valence-electron chi connectivity index (χ1n) is 9.01. The fraction of sp³-hybridized carbons (Fsp3) is 0.944. The van der Waals surface area contributed by atoms with Gasteiger partial charge in [0.05, 0.1) is 12.5 Å². The van der Waals surface area contributed by atoms with Crippen LogP contribution in [0.4, 0.5) is 0 Å². The average molecular weight is 282 g/mol. The maximum atomic E-state index is 11.7. The van der Waals surface area contributed by atoms with Crippen molar-refractivity contribution in [2.24, 2.45) is 5.92 Å². The van der Waals surface area contributed by atoms with Crippen LogP contribution in [0.1, 0.15) is 96.8 Å². The summed E-state index contributed by atoms with van der Waals surface area (Å²) >= 11 is 0. The summed E-state index contributed by atoms with van der Waals surface area (Å²) in [5, 5.41) is 0. The Balaban J connectivity index is 1.87. The lowest BCUT2D eigenvalue weighted by molar-refractivity contribution is -0.147. The zero-order valence-corrected chi connectivity index (χ0v) is 13.5. The molecule has 20 heavy (non-hydrogen) atoms. The monoisotopic (exact) mass is 282 g/mol. The van der Waals surface area contributed by atoms with Crippen molar-refractivity contribution in [2.75, 3.05) is 6.61 Å². The Morgan fingerprint density at radius 2 is 1.50 bits per heavy atom. The van der Waals surface area contributed by atoms with Crippen LogP contribution in [-0.2, 0) is 9.53 Å². The smallest absolute Gasteiger partial charge is 0.308 e. The second-order valence-corrected chi connectivity index (χ2v) is 6.33. The molecule has 0 radical (unpaired) electrons. The van der Waals surface area contributed by atoms with E-state index in [4.69, 9.17) is 4.74 Å². The number of cyclic esters (lactones) is 1. The fourth-order valence-corrected chi connectivity index (χ4v) is 3.04. The lowest BCUT2D eigenvalue weighted by Crippen LogP contribution is -2.15. The molecular formula is C18H34O2. The highest BCUT2D eigenvalue weighted by Crippen LogP contribution is 2.22. The van der Waals surface area contributed by atoms with Gasteiger partial charge in [0, 0.05) is 0 Å². The van der Waals surface area contributed by atoms with Gasteiger partial charge in [-0.15, -0.1) is 0 Å². The van der Waals surface area contributed by atoms with E-state index in [2.05, 4.69) is 6.92 Å². The summed E-state index contributed by atoms with van der Waals surface area (Å²) in [4.78, 5) is 11.7. The van der Waals surface area contributed by atoms with Crippen molar-refractivity contribution in [1.82, 2.24) is 0 Å². The number of hydrogen-bond acceptors (Lipinski definition) is 2. The summed E-state index contributed by atoms with van der Waals surface area (Å²) in [6.45, 7) is 2.91. The Kier molecular flexibility index (Phi) is 10.7. The van der Waals surface area contributed by atoms with Gasteiger partial charge in [-0.25, -0.2) is 0 Å². The van der Waals surface area contributed by atoms with E-state index in [-0.39, 0.29) is 11.9 Å². The van der Waals surface area contributed by atoms with E-state index in [0.717, 1.165) is 25.7 Å². The van der Waals surface area contributed by atoms with Gasteiger partial charge >= 0.3 is 5.97 Å². The minimum atomic E-state index is 0.0680. The molecule has 2 heteroatoms. The zero-order valence-electron chi connectivity index (χ0n) is 13.5. The summed E-state index contributed by atoms with van der Waals surface area (Å²) < 4.78 is 5.22. The molecule has 1 saturated heterocycles. The van der Waals surface area contributed by atoms with Crippen LogP contribution in [0.3, 0.4) is 0 Å². The lowest BCUT2D eigenvalue weighted by Gasteiger charge is -2.11. The number of rotatable bonds is 11. The van der Waals surface area contributed by atoms with E-state index in [1.54, 1.807) is 0 Å². The average Bonchev–Trinajstić information content (AvgIpc) is 2.66. The first-order valence-corrected chi connectivity index (χ1v) is 9.01. The van der Waals surface area contributed by atoms with Gasteiger partial charge in [0.25, 0.3) is 0 Å². The minimum absolute atomic E-state index is 0.0680. The van der Waals surface area contributed by atoms with Gasteiger partial charge in [-0.3, -0.25) is 4.79 Å². The van der Waals surface area contributed by atoms with Gasteiger partial charge in [-0.2, -0.15) is 0 Å². The van der Waals surface area contributed by atoms with Gasteiger partial charge in [-0.1, -0.05) is 71.1 Å². The quantitative estimate of drug-likeness (QED) is 0.362. The van der Waals surface area contributed by atoms with E-state index in [1.165, 1.54) is 64.2 Å². The molecule has 0 bridgehead atoms. The summed E-state index contributed by atoms with van der Waals surface area (Å²) in [6.07, 6.45) is 17.9. The van der Waals surface area contributed by atoms with Crippen LogP contribution in [0, 0.1) is 5.92 Å². The number of unbranched alkanes of at least 4 members (excludes halogenated alkanes) is 9. The van der Waals surface area contributed by atoms with Crippen molar-refractivity contribution in [3.8, 4) is 0 Å². The third kappa shape index (κ3) is 8.60. The number of esters is 1. The molecule has 2 nitrogen and oxygen atoms in total. The predicted octanol–water partition coefficient (Wildman–Crippen LogP) is 5.64. The molecule has 1 aliphatic rings. The van der Waals surface area contributed by atoms with Gasteiger partial charge in [0.1, 0.15) is 0 Å². The highest BCUT2D eigenvalue weighted by Gasteiger charge is 2.21. The van der Waals surface area contributed by atoms with Crippen molar-refractivity contribution in [3.63, 3.8) is 0 Å². The molecule has 0 amide bonds. The topological polar surface area (TPSA) is 26.3 Å². The predicted molar refractivity (Wildman–Crippen MR) is 84.8 cm³/mol. The molecule has 0 saturated carbocycles. The Hall–Kier alpha value is -0.530. The van der Waals surface area contributed by atoms with Crippen LogP contribution in [0.2, 0.25) is 0 Å². The maximum absolute atomic E-state index is 11.7. The van der Waals surface area contributed by atoms with E-state index < -0.39 is 0 Å². The number of carbonyl (C=O) groups excluding carboxylic acids is 1. The molecule has 0 aliphatic carbocycles. The molecule has 1 aliphatic heterocycles. The summed E-state index contributed by atoms with van der Waals surface area (Å²) in [7, 11) is 0. The van der Waals surface area contributed by atoms with E-state index in [9.17, 15) is 4.79 Å². The van der Waals surface area contributed by atoms with Crippen molar-refractivity contribution in [1.29, 1.82) is 0 Å². The third-order valence-electron chi connectivity index (χ3n) is 4.43. The Bertz CT molecular complexity index is 238. The first-order chi connectivity index (χ1) is 9.84. The van der Waals surface area contributed by atoms with Crippen molar-refractivity contribution in [2.45, 2.75) is 96.8 Å². The van der Waals surface area contributed by atoms with Gasteiger partial charge in [0.2, 0.25) is 0 Å². The maximum Gasteiger partial charge on any atom is 0.308 e. The highest BCUT2D eigenvalue weighted by atomic mass is 16.5. The molecular weight excluding hydrogens is 248 g/mol. The van der Waals surface area contributed by atoms with E-state index in [0.29, 0.717) is 6.61 Å². The normalized spacial score (nSPS) is 19.6. The Labute approximate surface area is 125 Å². The van der Waals surface area contributed by atoms with E-state index in [1.807, 2.05) is 0 Å². The molecule has 0 aromatic heterocycles.